The van der Waals surface area contributed by atoms with Crippen molar-refractivity contribution in [2.24, 2.45) is 34.5 Å². The highest BCUT2D eigenvalue weighted by atomic mass is 19.4. The smallest absolute Gasteiger partial charge is 0.390 e. The summed E-state index contributed by atoms with van der Waals surface area (Å²) in [5, 5.41) is 24.3. The van der Waals surface area contributed by atoms with Crippen molar-refractivity contribution in [2.45, 2.75) is 83.2 Å². The van der Waals surface area contributed by atoms with Crippen molar-refractivity contribution in [3.05, 3.63) is 12.2 Å². The van der Waals surface area contributed by atoms with Gasteiger partial charge < -0.3 is 15.5 Å². The third-order valence-corrected chi connectivity index (χ3v) is 9.30. The van der Waals surface area contributed by atoms with E-state index in [-0.39, 0.29) is 35.0 Å². The van der Waals surface area contributed by atoms with Gasteiger partial charge in [0.2, 0.25) is 0 Å². The highest BCUT2D eigenvalue weighted by molar-refractivity contribution is 5.81. The summed E-state index contributed by atoms with van der Waals surface area (Å²) < 4.78 is 38.0. The topological polar surface area (TPSA) is 69.6 Å². The molecule has 0 heterocycles. The van der Waals surface area contributed by atoms with Crippen LogP contribution in [0.1, 0.15) is 58.8 Å². The van der Waals surface area contributed by atoms with Crippen LogP contribution in [-0.4, -0.2) is 40.5 Å². The number of fused-ring (bicyclic) bond motifs is 5. The van der Waals surface area contributed by atoms with Crippen molar-refractivity contribution < 1.29 is 28.2 Å². The van der Waals surface area contributed by atoms with Crippen LogP contribution in [0.4, 0.5) is 13.2 Å². The van der Waals surface area contributed by atoms with Gasteiger partial charge in [-0.25, -0.2) is 0 Å². The quantitative estimate of drug-likeness (QED) is 0.574. The third-order valence-electron chi connectivity index (χ3n) is 9.30. The molecule has 0 aromatic carbocycles. The van der Waals surface area contributed by atoms with Gasteiger partial charge in [-0.1, -0.05) is 26.0 Å². The molecular weight excluding hydrogens is 383 g/mol. The molecule has 2 unspecified atom stereocenters. The molecule has 4 fully saturated rings. The van der Waals surface area contributed by atoms with Crippen molar-refractivity contribution in [2.75, 3.05) is 0 Å². The number of nitrogens with one attached hydrogen (secondary N) is 1. The van der Waals surface area contributed by atoms with Crippen LogP contribution in [0.15, 0.2) is 12.2 Å². The number of rotatable bonds is 1. The Morgan fingerprint density at radius 2 is 1.76 bits per heavy atom. The third kappa shape index (κ3) is 3.06. The van der Waals surface area contributed by atoms with Gasteiger partial charge in [0.25, 0.3) is 0 Å². The van der Waals surface area contributed by atoms with Gasteiger partial charge in [0, 0.05) is 6.04 Å². The molecule has 4 aliphatic carbocycles. The molecule has 9 atom stereocenters. The average molecular weight is 415 g/mol. The Labute approximate surface area is 169 Å². The Bertz CT molecular complexity index is 710. The molecule has 29 heavy (non-hydrogen) atoms. The Kier molecular flexibility index (Phi) is 4.90. The van der Waals surface area contributed by atoms with Crippen molar-refractivity contribution in [3.8, 4) is 0 Å². The zero-order chi connectivity index (χ0) is 21.4. The maximum absolute atomic E-state index is 12.7. The summed E-state index contributed by atoms with van der Waals surface area (Å²) in [6.07, 6.45) is -1.50. The number of alkyl halides is 3. The second-order valence-corrected chi connectivity index (χ2v) is 10.4. The van der Waals surface area contributed by atoms with E-state index in [4.69, 9.17) is 0 Å². The van der Waals surface area contributed by atoms with E-state index in [1.165, 1.54) is 5.57 Å². The van der Waals surface area contributed by atoms with Gasteiger partial charge in [-0.15, -0.1) is 0 Å². The Balaban J connectivity index is 1.58. The lowest BCUT2D eigenvalue weighted by molar-refractivity contribution is -0.212. The van der Waals surface area contributed by atoms with E-state index in [1.54, 1.807) is 0 Å². The molecule has 164 valence electrons. The van der Waals surface area contributed by atoms with Crippen molar-refractivity contribution in [1.29, 1.82) is 0 Å². The maximum Gasteiger partial charge on any atom is 0.471 e. The Morgan fingerprint density at radius 3 is 2.41 bits per heavy atom. The summed E-state index contributed by atoms with van der Waals surface area (Å²) >= 11 is 0. The minimum Gasteiger partial charge on any atom is -0.390 e. The van der Waals surface area contributed by atoms with E-state index in [9.17, 15) is 28.2 Å². The molecule has 0 aromatic heterocycles. The number of hydrogen-bond acceptors (Lipinski definition) is 3. The second kappa shape index (κ2) is 6.71. The van der Waals surface area contributed by atoms with E-state index >= 15 is 0 Å². The largest absolute Gasteiger partial charge is 0.471 e. The van der Waals surface area contributed by atoms with Gasteiger partial charge in [0.05, 0.1) is 12.2 Å². The molecule has 0 aliphatic heterocycles. The zero-order valence-electron chi connectivity index (χ0n) is 17.1. The van der Waals surface area contributed by atoms with Gasteiger partial charge in [0.1, 0.15) is 0 Å². The van der Waals surface area contributed by atoms with Gasteiger partial charge in [0.15, 0.2) is 0 Å². The number of halogens is 3. The lowest BCUT2D eigenvalue weighted by Gasteiger charge is -2.63. The molecular formula is C22H32F3NO3. The summed E-state index contributed by atoms with van der Waals surface area (Å²) in [6.45, 7) is 8.65. The van der Waals surface area contributed by atoms with Gasteiger partial charge >= 0.3 is 12.1 Å². The number of hydrogen-bond donors (Lipinski definition) is 3. The fourth-order valence-electron chi connectivity index (χ4n) is 7.57. The number of aliphatic hydroxyl groups excluding tert-OH is 2. The molecule has 4 nitrogen and oxygen atoms in total. The highest BCUT2D eigenvalue weighted by Crippen LogP contribution is 2.67. The lowest BCUT2D eigenvalue weighted by atomic mass is 9.43. The molecule has 0 spiro atoms. The minimum absolute atomic E-state index is 0.00293. The summed E-state index contributed by atoms with van der Waals surface area (Å²) in [5.41, 5.74) is 1.00. The van der Waals surface area contributed by atoms with Crippen LogP contribution in [0.25, 0.3) is 0 Å². The first-order chi connectivity index (χ1) is 13.4. The van der Waals surface area contributed by atoms with Crippen molar-refractivity contribution in [1.82, 2.24) is 5.32 Å². The number of amides is 1. The summed E-state index contributed by atoms with van der Waals surface area (Å²) in [5.74, 6) is -1.73. The number of allylic oxidation sites excluding steroid dienone is 1. The van der Waals surface area contributed by atoms with Gasteiger partial charge in [-0.05, 0) is 79.4 Å². The first-order valence-corrected chi connectivity index (χ1v) is 10.8. The number of aliphatic hydroxyl groups is 2. The standard InChI is InChI=1S/C22H32F3NO3/c1-11-4-5-13-16-14(7-9-20(11,13)2)21(3)8-6-12(26-19(29)22(23,24)25)10-15(21)17(27)18(16)28/h12-18,27-28H,1,4-10H2,2-3H3,(H,26,29)/t12-,13-,14-,15?,16?,17+,18+,20+,21+/m0/s1. The van der Waals surface area contributed by atoms with Crippen LogP contribution in [0.3, 0.4) is 0 Å². The molecule has 0 radical (unpaired) electrons. The Hall–Kier alpha value is -1.08. The summed E-state index contributed by atoms with van der Waals surface area (Å²) in [6, 6.07) is -0.624. The zero-order valence-corrected chi connectivity index (χ0v) is 17.1. The Morgan fingerprint density at radius 1 is 1.07 bits per heavy atom. The van der Waals surface area contributed by atoms with Gasteiger partial charge in [-0.3, -0.25) is 4.79 Å². The van der Waals surface area contributed by atoms with E-state index in [0.29, 0.717) is 18.8 Å². The first kappa shape index (κ1) is 21.2. The molecule has 7 heteroatoms. The molecule has 0 aromatic rings. The SMILES string of the molecule is C=C1CC[C@H]2C3[C@@H](O)[C@H](O)C4C[C@@H](NC(=O)C(F)(F)F)CC[C@]4(C)[C@H]3CC[C@]12C. The first-order valence-electron chi connectivity index (χ1n) is 10.8. The number of carbonyl (C=O) groups is 1. The normalized spacial score (nSPS) is 49.8. The highest BCUT2D eigenvalue weighted by Gasteiger charge is 2.64. The van der Waals surface area contributed by atoms with E-state index < -0.39 is 30.3 Å². The van der Waals surface area contributed by atoms with E-state index in [1.807, 2.05) is 0 Å². The summed E-state index contributed by atoms with van der Waals surface area (Å²) in [4.78, 5) is 11.4. The van der Waals surface area contributed by atoms with Crippen molar-refractivity contribution in [3.63, 3.8) is 0 Å². The molecule has 3 N–H and O–H groups in total. The fraction of sp³-hybridized carbons (Fsp3) is 0.864. The monoisotopic (exact) mass is 415 g/mol. The minimum atomic E-state index is -4.91. The fourth-order valence-corrected chi connectivity index (χ4v) is 7.57. The van der Waals surface area contributed by atoms with Crippen LogP contribution < -0.4 is 5.32 Å². The molecule has 0 bridgehead atoms. The predicted octanol–water partition coefficient (Wildman–Crippen LogP) is 3.57. The molecule has 0 saturated heterocycles. The predicted molar refractivity (Wildman–Crippen MR) is 102 cm³/mol. The van der Waals surface area contributed by atoms with Crippen LogP contribution in [0, 0.1) is 34.5 Å². The van der Waals surface area contributed by atoms with Crippen LogP contribution in [-0.2, 0) is 4.79 Å². The second-order valence-electron chi connectivity index (χ2n) is 10.4. The van der Waals surface area contributed by atoms with Crippen LogP contribution in [0.2, 0.25) is 0 Å². The average Bonchev–Trinajstić information content (AvgIpc) is 2.94. The molecule has 4 saturated carbocycles. The molecule has 4 rings (SSSR count). The van der Waals surface area contributed by atoms with E-state index in [2.05, 4.69) is 25.7 Å². The lowest BCUT2D eigenvalue weighted by Crippen LogP contribution is -2.64. The number of carbonyl (C=O) groups excluding carboxylic acids is 1. The van der Waals surface area contributed by atoms with E-state index in [0.717, 1.165) is 25.7 Å². The summed E-state index contributed by atoms with van der Waals surface area (Å²) in [7, 11) is 0. The van der Waals surface area contributed by atoms with Gasteiger partial charge in [-0.2, -0.15) is 13.2 Å². The molecule has 4 aliphatic rings. The van der Waals surface area contributed by atoms with Crippen LogP contribution >= 0.6 is 0 Å². The van der Waals surface area contributed by atoms with Crippen molar-refractivity contribution >= 4 is 5.91 Å². The maximum atomic E-state index is 12.7. The van der Waals surface area contributed by atoms with Crippen LogP contribution in [0.5, 0.6) is 0 Å². The molecule has 1 amide bonds.